The highest BCUT2D eigenvalue weighted by atomic mass is 16.5. The van der Waals surface area contributed by atoms with E-state index >= 15 is 0 Å². The first kappa shape index (κ1) is 14.8. The van der Waals surface area contributed by atoms with Gasteiger partial charge in [0.05, 0.1) is 19.3 Å². The summed E-state index contributed by atoms with van der Waals surface area (Å²) in [6, 6.07) is 19.2. The zero-order valence-electron chi connectivity index (χ0n) is 12.3. The van der Waals surface area contributed by atoms with Crippen LogP contribution >= 0.6 is 0 Å². The summed E-state index contributed by atoms with van der Waals surface area (Å²) in [4.78, 5) is 0. The van der Waals surface area contributed by atoms with Crippen LogP contribution in [0.4, 0.5) is 0 Å². The summed E-state index contributed by atoms with van der Waals surface area (Å²) in [5.74, 6) is 0. The van der Waals surface area contributed by atoms with Crippen LogP contribution in [0.2, 0.25) is 0 Å². The molecule has 0 aliphatic heterocycles. The van der Waals surface area contributed by atoms with E-state index in [1.54, 1.807) is 0 Å². The van der Waals surface area contributed by atoms with Crippen LogP contribution in [0.1, 0.15) is 29.7 Å². The van der Waals surface area contributed by atoms with Crippen LogP contribution in [0, 0.1) is 6.92 Å². The van der Waals surface area contributed by atoms with Gasteiger partial charge in [-0.2, -0.15) is 0 Å². The van der Waals surface area contributed by atoms with Crippen LogP contribution < -0.4 is 5.32 Å². The van der Waals surface area contributed by atoms with Gasteiger partial charge in [0, 0.05) is 0 Å². The summed E-state index contributed by atoms with van der Waals surface area (Å²) in [6.45, 7) is 6.52. The van der Waals surface area contributed by atoms with Crippen LogP contribution in [-0.2, 0) is 11.3 Å². The average molecular weight is 269 g/mol. The van der Waals surface area contributed by atoms with Crippen molar-refractivity contribution in [1.29, 1.82) is 0 Å². The molecule has 1 atom stereocenters. The Morgan fingerprint density at radius 3 is 2.35 bits per heavy atom. The number of likely N-dealkylation sites (N-methyl/N-ethyl adjacent to an activating group) is 1. The van der Waals surface area contributed by atoms with Crippen molar-refractivity contribution in [1.82, 2.24) is 5.32 Å². The van der Waals surface area contributed by atoms with Gasteiger partial charge in [-0.05, 0) is 24.6 Å². The van der Waals surface area contributed by atoms with Crippen molar-refractivity contribution in [2.24, 2.45) is 0 Å². The van der Waals surface area contributed by atoms with E-state index in [9.17, 15) is 0 Å². The van der Waals surface area contributed by atoms with Crippen LogP contribution in [0.3, 0.4) is 0 Å². The molecular formula is C18H23NO. The highest BCUT2D eigenvalue weighted by molar-refractivity contribution is 5.24. The van der Waals surface area contributed by atoms with Crippen LogP contribution in [0.5, 0.6) is 0 Å². The number of rotatable bonds is 7. The molecule has 0 aliphatic carbocycles. The SMILES string of the molecule is CCNC(COCc1ccccc1)c1ccc(C)cc1. The molecule has 0 aliphatic rings. The molecule has 0 fully saturated rings. The van der Waals surface area contributed by atoms with Gasteiger partial charge in [-0.15, -0.1) is 0 Å². The van der Waals surface area contributed by atoms with Crippen molar-refractivity contribution >= 4 is 0 Å². The molecule has 0 radical (unpaired) electrons. The van der Waals surface area contributed by atoms with E-state index in [1.807, 2.05) is 18.2 Å². The topological polar surface area (TPSA) is 21.3 Å². The first-order valence-electron chi connectivity index (χ1n) is 7.21. The minimum absolute atomic E-state index is 0.254. The summed E-state index contributed by atoms with van der Waals surface area (Å²) in [5, 5.41) is 3.48. The van der Waals surface area contributed by atoms with Gasteiger partial charge in [-0.25, -0.2) is 0 Å². The van der Waals surface area contributed by atoms with E-state index in [2.05, 4.69) is 55.6 Å². The minimum atomic E-state index is 0.254. The largest absolute Gasteiger partial charge is 0.375 e. The maximum Gasteiger partial charge on any atom is 0.0717 e. The second-order valence-corrected chi connectivity index (χ2v) is 5.02. The Bertz CT molecular complexity index is 493. The summed E-state index contributed by atoms with van der Waals surface area (Å²) >= 11 is 0. The van der Waals surface area contributed by atoms with Crippen LogP contribution in [-0.4, -0.2) is 13.2 Å². The second-order valence-electron chi connectivity index (χ2n) is 5.02. The molecule has 0 saturated heterocycles. The summed E-state index contributed by atoms with van der Waals surface area (Å²) < 4.78 is 5.86. The number of nitrogens with one attached hydrogen (secondary N) is 1. The van der Waals surface area contributed by atoms with Crippen molar-refractivity contribution in [3.8, 4) is 0 Å². The molecule has 1 N–H and O–H groups in total. The third kappa shape index (κ3) is 4.48. The van der Waals surface area contributed by atoms with Crippen molar-refractivity contribution < 1.29 is 4.74 Å². The van der Waals surface area contributed by atoms with E-state index in [1.165, 1.54) is 16.7 Å². The van der Waals surface area contributed by atoms with Crippen LogP contribution in [0.15, 0.2) is 54.6 Å². The number of benzene rings is 2. The molecule has 0 spiro atoms. The van der Waals surface area contributed by atoms with Gasteiger partial charge in [0.15, 0.2) is 0 Å². The zero-order chi connectivity index (χ0) is 14.2. The molecule has 0 heterocycles. The predicted octanol–water partition coefficient (Wildman–Crippen LogP) is 3.86. The molecule has 0 aromatic heterocycles. The first-order chi connectivity index (χ1) is 9.79. The van der Waals surface area contributed by atoms with E-state index in [-0.39, 0.29) is 6.04 Å². The van der Waals surface area contributed by atoms with Gasteiger partial charge in [-0.1, -0.05) is 67.1 Å². The molecular weight excluding hydrogens is 246 g/mol. The maximum absolute atomic E-state index is 5.86. The molecule has 0 amide bonds. The molecule has 2 rings (SSSR count). The van der Waals surface area contributed by atoms with Crippen molar-refractivity contribution in [2.45, 2.75) is 26.5 Å². The lowest BCUT2D eigenvalue weighted by Crippen LogP contribution is -2.25. The minimum Gasteiger partial charge on any atom is -0.375 e. The molecule has 0 saturated carbocycles. The van der Waals surface area contributed by atoms with E-state index < -0.39 is 0 Å². The fourth-order valence-corrected chi connectivity index (χ4v) is 2.19. The lowest BCUT2D eigenvalue weighted by atomic mass is 10.1. The quantitative estimate of drug-likeness (QED) is 0.824. The molecule has 2 aromatic carbocycles. The number of hydrogen-bond acceptors (Lipinski definition) is 2. The van der Waals surface area contributed by atoms with Crippen molar-refractivity contribution in [2.75, 3.05) is 13.2 Å². The molecule has 2 nitrogen and oxygen atoms in total. The third-order valence-electron chi connectivity index (χ3n) is 3.33. The third-order valence-corrected chi connectivity index (χ3v) is 3.33. The number of hydrogen-bond donors (Lipinski definition) is 1. The Balaban J connectivity index is 1.90. The smallest absolute Gasteiger partial charge is 0.0717 e. The second kappa shape index (κ2) is 7.83. The molecule has 106 valence electrons. The van der Waals surface area contributed by atoms with Gasteiger partial charge in [0.2, 0.25) is 0 Å². The Morgan fingerprint density at radius 1 is 1.00 bits per heavy atom. The highest BCUT2D eigenvalue weighted by Gasteiger charge is 2.10. The Hall–Kier alpha value is -1.64. The Morgan fingerprint density at radius 2 is 1.70 bits per heavy atom. The van der Waals surface area contributed by atoms with Crippen molar-refractivity contribution in [3.05, 3.63) is 71.3 Å². The predicted molar refractivity (Wildman–Crippen MR) is 83.7 cm³/mol. The fraction of sp³-hybridized carbons (Fsp3) is 0.333. The number of ether oxygens (including phenoxy) is 1. The molecule has 2 heteroatoms. The van der Waals surface area contributed by atoms with Gasteiger partial charge in [-0.3, -0.25) is 0 Å². The highest BCUT2D eigenvalue weighted by Crippen LogP contribution is 2.15. The summed E-state index contributed by atoms with van der Waals surface area (Å²) in [7, 11) is 0. The maximum atomic E-state index is 5.86. The Kier molecular flexibility index (Phi) is 5.78. The Labute approximate surface area is 121 Å². The standard InChI is InChI=1S/C18H23NO/c1-3-19-18(17-11-9-15(2)10-12-17)14-20-13-16-7-5-4-6-8-16/h4-12,18-19H,3,13-14H2,1-2H3. The van der Waals surface area contributed by atoms with Gasteiger partial charge >= 0.3 is 0 Å². The fourth-order valence-electron chi connectivity index (χ4n) is 2.19. The monoisotopic (exact) mass is 269 g/mol. The molecule has 20 heavy (non-hydrogen) atoms. The number of aryl methyl sites for hydroxylation is 1. The van der Waals surface area contributed by atoms with E-state index in [4.69, 9.17) is 4.74 Å². The van der Waals surface area contributed by atoms with Gasteiger partial charge in [0.1, 0.15) is 0 Å². The normalized spacial score (nSPS) is 12.3. The van der Waals surface area contributed by atoms with E-state index in [0.29, 0.717) is 13.2 Å². The zero-order valence-corrected chi connectivity index (χ0v) is 12.3. The summed E-state index contributed by atoms with van der Waals surface area (Å²) in [5.41, 5.74) is 3.78. The van der Waals surface area contributed by atoms with E-state index in [0.717, 1.165) is 6.54 Å². The molecule has 1 unspecified atom stereocenters. The van der Waals surface area contributed by atoms with Gasteiger partial charge < -0.3 is 10.1 Å². The average Bonchev–Trinajstić information content (AvgIpc) is 2.48. The van der Waals surface area contributed by atoms with Crippen LogP contribution in [0.25, 0.3) is 0 Å². The molecule has 0 bridgehead atoms. The van der Waals surface area contributed by atoms with Crippen molar-refractivity contribution in [3.63, 3.8) is 0 Å². The first-order valence-corrected chi connectivity index (χ1v) is 7.21. The van der Waals surface area contributed by atoms with Gasteiger partial charge in [0.25, 0.3) is 0 Å². The molecule has 2 aromatic rings. The lowest BCUT2D eigenvalue weighted by Gasteiger charge is -2.18. The summed E-state index contributed by atoms with van der Waals surface area (Å²) in [6.07, 6.45) is 0. The lowest BCUT2D eigenvalue weighted by molar-refractivity contribution is 0.0990.